The maximum atomic E-state index is 13.6. The van der Waals surface area contributed by atoms with Gasteiger partial charge in [0.1, 0.15) is 12.4 Å². The van der Waals surface area contributed by atoms with E-state index in [-0.39, 0.29) is 16.3 Å². The lowest BCUT2D eigenvalue weighted by Gasteiger charge is -2.21. The molecule has 0 saturated heterocycles. The quantitative estimate of drug-likeness (QED) is 0.579. The van der Waals surface area contributed by atoms with Crippen LogP contribution in [-0.4, -0.2) is 33.3 Å². The third-order valence-corrected chi connectivity index (χ3v) is 4.91. The van der Waals surface area contributed by atoms with Crippen LogP contribution in [0.15, 0.2) is 47.6 Å². The molecule has 0 fully saturated rings. The van der Waals surface area contributed by atoms with Gasteiger partial charge in [0.2, 0.25) is 10.0 Å². The van der Waals surface area contributed by atoms with Crippen LogP contribution in [0.25, 0.3) is 0 Å². The summed E-state index contributed by atoms with van der Waals surface area (Å²) in [6.07, 6.45) is 2.01. The van der Waals surface area contributed by atoms with Gasteiger partial charge in [-0.1, -0.05) is 29.3 Å². The lowest BCUT2D eigenvalue weighted by molar-refractivity contribution is -0.119. The Morgan fingerprint density at radius 1 is 1.23 bits per heavy atom. The topological polar surface area (TPSA) is 78.8 Å². The molecule has 6 nitrogen and oxygen atoms in total. The van der Waals surface area contributed by atoms with E-state index < -0.39 is 28.3 Å². The lowest BCUT2D eigenvalue weighted by atomic mass is 10.2. The van der Waals surface area contributed by atoms with E-state index >= 15 is 0 Å². The van der Waals surface area contributed by atoms with Gasteiger partial charge in [0.25, 0.3) is 5.91 Å². The van der Waals surface area contributed by atoms with Crippen molar-refractivity contribution in [1.29, 1.82) is 0 Å². The van der Waals surface area contributed by atoms with Gasteiger partial charge in [-0.3, -0.25) is 9.10 Å². The molecular formula is C16H14Cl2FN3O3S. The summed E-state index contributed by atoms with van der Waals surface area (Å²) in [6.45, 7) is -0.511. The first-order valence-corrected chi connectivity index (χ1v) is 9.78. The number of benzene rings is 2. The fourth-order valence-corrected chi connectivity index (χ4v) is 3.17. The third-order valence-electron chi connectivity index (χ3n) is 3.18. The molecule has 0 spiro atoms. The number of nitrogens with one attached hydrogen (secondary N) is 1. The van der Waals surface area contributed by atoms with Gasteiger partial charge in [0.15, 0.2) is 0 Å². The van der Waals surface area contributed by atoms with Crippen molar-refractivity contribution in [2.75, 3.05) is 17.1 Å². The standard InChI is InChI=1S/C16H14Cl2FN3O3S/c1-26(24,25)22(12-7-5-11(17)6-8-12)10-16(23)21-20-9-13-14(18)3-2-4-15(13)19/h2-9H,10H2,1H3,(H,21,23)/b20-9-. The first-order chi connectivity index (χ1) is 12.2. The van der Waals surface area contributed by atoms with Crippen LogP contribution in [-0.2, 0) is 14.8 Å². The number of amides is 1. The number of carbonyl (C=O) groups is 1. The monoisotopic (exact) mass is 417 g/mol. The van der Waals surface area contributed by atoms with Gasteiger partial charge in [-0.15, -0.1) is 0 Å². The zero-order valence-electron chi connectivity index (χ0n) is 13.5. The van der Waals surface area contributed by atoms with Crippen molar-refractivity contribution in [2.24, 2.45) is 5.10 Å². The predicted octanol–water partition coefficient (Wildman–Crippen LogP) is 3.05. The summed E-state index contributed by atoms with van der Waals surface area (Å²) >= 11 is 11.6. The van der Waals surface area contributed by atoms with Crippen LogP contribution in [0.1, 0.15) is 5.56 Å². The highest BCUT2D eigenvalue weighted by Gasteiger charge is 2.20. The Hall–Kier alpha value is -2.16. The molecule has 0 aromatic heterocycles. The molecule has 0 aliphatic rings. The molecule has 0 bridgehead atoms. The fraction of sp³-hybridized carbons (Fsp3) is 0.125. The molecule has 0 saturated carbocycles. The highest BCUT2D eigenvalue weighted by Crippen LogP contribution is 2.20. The molecular weight excluding hydrogens is 404 g/mol. The maximum absolute atomic E-state index is 13.6. The molecule has 2 aromatic rings. The Morgan fingerprint density at radius 3 is 2.46 bits per heavy atom. The van der Waals surface area contributed by atoms with E-state index in [0.29, 0.717) is 5.02 Å². The van der Waals surface area contributed by atoms with Crippen molar-refractivity contribution in [2.45, 2.75) is 0 Å². The molecule has 0 unspecified atom stereocenters. The van der Waals surface area contributed by atoms with Gasteiger partial charge in [-0.2, -0.15) is 5.10 Å². The van der Waals surface area contributed by atoms with E-state index in [1.807, 2.05) is 0 Å². The maximum Gasteiger partial charge on any atom is 0.260 e. The van der Waals surface area contributed by atoms with E-state index in [1.54, 1.807) is 0 Å². The summed E-state index contributed by atoms with van der Waals surface area (Å²) in [4.78, 5) is 12.0. The van der Waals surface area contributed by atoms with Crippen LogP contribution < -0.4 is 9.73 Å². The highest BCUT2D eigenvalue weighted by atomic mass is 35.5. The molecule has 1 N–H and O–H groups in total. The summed E-state index contributed by atoms with van der Waals surface area (Å²) < 4.78 is 38.4. The Kier molecular flexibility index (Phi) is 6.57. The van der Waals surface area contributed by atoms with E-state index in [1.165, 1.54) is 42.5 Å². The van der Waals surface area contributed by atoms with Crippen LogP contribution in [0.4, 0.5) is 10.1 Å². The van der Waals surface area contributed by atoms with Crippen molar-refractivity contribution in [3.63, 3.8) is 0 Å². The van der Waals surface area contributed by atoms with Crippen LogP contribution >= 0.6 is 23.2 Å². The van der Waals surface area contributed by atoms with E-state index in [0.717, 1.165) is 16.8 Å². The molecule has 26 heavy (non-hydrogen) atoms. The molecule has 10 heteroatoms. The minimum absolute atomic E-state index is 0.00661. The predicted molar refractivity (Wildman–Crippen MR) is 101 cm³/mol. The van der Waals surface area contributed by atoms with Crippen molar-refractivity contribution in [3.05, 3.63) is 63.9 Å². The van der Waals surface area contributed by atoms with Gasteiger partial charge in [-0.05, 0) is 36.4 Å². The molecule has 0 aliphatic carbocycles. The summed E-state index contributed by atoms with van der Waals surface area (Å²) in [5.74, 6) is -1.32. The van der Waals surface area contributed by atoms with Crippen LogP contribution in [0.2, 0.25) is 10.0 Å². The number of nitrogens with zero attached hydrogens (tertiary/aromatic N) is 2. The van der Waals surface area contributed by atoms with Crippen LogP contribution in [0.3, 0.4) is 0 Å². The Bertz CT molecular complexity index is 914. The number of hydrazone groups is 1. The zero-order valence-corrected chi connectivity index (χ0v) is 15.8. The first-order valence-electron chi connectivity index (χ1n) is 7.17. The second-order valence-corrected chi connectivity index (χ2v) is 7.93. The van der Waals surface area contributed by atoms with E-state index in [9.17, 15) is 17.6 Å². The number of halogens is 3. The first kappa shape index (κ1) is 20.2. The normalized spacial score (nSPS) is 11.5. The van der Waals surface area contributed by atoms with Crippen molar-refractivity contribution >= 4 is 51.0 Å². The molecule has 0 radical (unpaired) electrons. The zero-order chi connectivity index (χ0) is 19.3. The summed E-state index contributed by atoms with van der Waals surface area (Å²) in [7, 11) is -3.72. The smallest absolute Gasteiger partial charge is 0.260 e. The summed E-state index contributed by atoms with van der Waals surface area (Å²) in [5, 5.41) is 4.17. The van der Waals surface area contributed by atoms with Gasteiger partial charge >= 0.3 is 0 Å². The van der Waals surface area contributed by atoms with Gasteiger partial charge in [-0.25, -0.2) is 18.2 Å². The largest absolute Gasteiger partial charge is 0.271 e. The lowest BCUT2D eigenvalue weighted by Crippen LogP contribution is -2.39. The van der Waals surface area contributed by atoms with E-state index in [2.05, 4.69) is 10.5 Å². The van der Waals surface area contributed by atoms with E-state index in [4.69, 9.17) is 23.2 Å². The minimum Gasteiger partial charge on any atom is -0.271 e. The molecule has 0 aliphatic heterocycles. The molecule has 138 valence electrons. The van der Waals surface area contributed by atoms with Crippen molar-refractivity contribution in [3.8, 4) is 0 Å². The Morgan fingerprint density at radius 2 is 1.88 bits per heavy atom. The van der Waals surface area contributed by atoms with Crippen LogP contribution in [0, 0.1) is 5.82 Å². The van der Waals surface area contributed by atoms with Crippen molar-refractivity contribution in [1.82, 2.24) is 5.43 Å². The number of rotatable bonds is 6. The SMILES string of the molecule is CS(=O)(=O)N(CC(=O)N/N=C\c1c(F)cccc1Cl)c1ccc(Cl)cc1. The van der Waals surface area contributed by atoms with Gasteiger partial charge in [0, 0.05) is 10.6 Å². The second-order valence-electron chi connectivity index (χ2n) is 5.17. The molecule has 0 heterocycles. The third kappa shape index (κ3) is 5.42. The average Bonchev–Trinajstić information content (AvgIpc) is 2.55. The number of carbonyl (C=O) groups excluding carboxylic acids is 1. The molecule has 2 aromatic carbocycles. The second kappa shape index (κ2) is 8.48. The molecule has 2 rings (SSSR count). The van der Waals surface area contributed by atoms with Crippen LogP contribution in [0.5, 0.6) is 0 Å². The number of sulfonamides is 1. The highest BCUT2D eigenvalue weighted by molar-refractivity contribution is 7.92. The fourth-order valence-electron chi connectivity index (χ4n) is 1.98. The average molecular weight is 418 g/mol. The van der Waals surface area contributed by atoms with Crippen molar-refractivity contribution < 1.29 is 17.6 Å². The minimum atomic E-state index is -3.72. The number of hydrogen-bond donors (Lipinski definition) is 1. The summed E-state index contributed by atoms with van der Waals surface area (Å²) in [6, 6.07) is 10.1. The number of hydrogen-bond acceptors (Lipinski definition) is 4. The number of anilines is 1. The molecule has 0 atom stereocenters. The summed E-state index contributed by atoms with van der Waals surface area (Å²) in [5.41, 5.74) is 2.42. The Balaban J connectivity index is 2.11. The Labute approximate surface area is 160 Å². The molecule has 1 amide bonds. The van der Waals surface area contributed by atoms with Gasteiger partial charge in [0.05, 0.1) is 23.2 Å². The van der Waals surface area contributed by atoms with Gasteiger partial charge < -0.3 is 0 Å².